The summed E-state index contributed by atoms with van der Waals surface area (Å²) >= 11 is 6.09. The van der Waals surface area contributed by atoms with Crippen LogP contribution in [0.5, 0.6) is 5.75 Å². The quantitative estimate of drug-likeness (QED) is 0.338. The molecule has 3 aromatic carbocycles. The Morgan fingerprint density at radius 1 is 0.972 bits per heavy atom. The van der Waals surface area contributed by atoms with Gasteiger partial charge in [-0.3, -0.25) is 9.59 Å². The van der Waals surface area contributed by atoms with E-state index in [-0.39, 0.29) is 17.7 Å². The molecule has 4 rings (SSSR count). The first-order valence-electron chi connectivity index (χ1n) is 11.4. The molecule has 0 radical (unpaired) electrons. The number of hydrogen-bond acceptors (Lipinski definition) is 5. The van der Waals surface area contributed by atoms with Crippen molar-refractivity contribution in [1.82, 2.24) is 4.57 Å². The molecule has 0 bridgehead atoms. The van der Waals surface area contributed by atoms with Crippen LogP contribution >= 0.6 is 11.6 Å². The van der Waals surface area contributed by atoms with Gasteiger partial charge in [0, 0.05) is 23.0 Å². The third-order valence-electron chi connectivity index (χ3n) is 5.91. The summed E-state index contributed by atoms with van der Waals surface area (Å²) in [6, 6.07) is 21.0. The van der Waals surface area contributed by atoms with Gasteiger partial charge < -0.3 is 19.4 Å². The highest BCUT2D eigenvalue weighted by Crippen LogP contribution is 2.32. The van der Waals surface area contributed by atoms with Crippen molar-refractivity contribution in [3.8, 4) is 16.9 Å². The predicted molar refractivity (Wildman–Crippen MR) is 141 cm³/mol. The van der Waals surface area contributed by atoms with Crippen molar-refractivity contribution in [3.05, 3.63) is 93.9 Å². The van der Waals surface area contributed by atoms with Crippen LogP contribution in [0.3, 0.4) is 0 Å². The van der Waals surface area contributed by atoms with Gasteiger partial charge in [-0.1, -0.05) is 61.0 Å². The molecular formula is C28H25ClN2O5. The summed E-state index contributed by atoms with van der Waals surface area (Å²) < 4.78 is 12.2. The van der Waals surface area contributed by atoms with Crippen molar-refractivity contribution in [2.75, 3.05) is 12.4 Å². The number of fused-ring (bicyclic) bond motifs is 1. The van der Waals surface area contributed by atoms with Gasteiger partial charge in [-0.05, 0) is 47.7 Å². The number of ether oxygens (including phenoxy) is 2. The van der Waals surface area contributed by atoms with E-state index in [9.17, 15) is 14.4 Å². The molecule has 1 N–H and O–H groups in total. The molecule has 36 heavy (non-hydrogen) atoms. The first-order valence-corrected chi connectivity index (χ1v) is 11.8. The number of esters is 1. The molecule has 0 saturated heterocycles. The summed E-state index contributed by atoms with van der Waals surface area (Å²) in [5.74, 6) is -0.810. The normalized spacial score (nSPS) is 11.7. The minimum atomic E-state index is -1.10. The molecule has 0 aliphatic heterocycles. The maximum Gasteiger partial charge on any atom is 0.356 e. The summed E-state index contributed by atoms with van der Waals surface area (Å²) in [5, 5.41) is 4.35. The van der Waals surface area contributed by atoms with Crippen LogP contribution in [0.1, 0.15) is 23.8 Å². The fourth-order valence-corrected chi connectivity index (χ4v) is 4.21. The molecule has 184 valence electrons. The van der Waals surface area contributed by atoms with E-state index in [1.54, 1.807) is 79.7 Å². The molecule has 1 atom stereocenters. The zero-order valence-corrected chi connectivity index (χ0v) is 20.8. The number of rotatable bonds is 7. The van der Waals surface area contributed by atoms with E-state index in [4.69, 9.17) is 21.1 Å². The van der Waals surface area contributed by atoms with Crippen LogP contribution in [0.25, 0.3) is 21.9 Å². The van der Waals surface area contributed by atoms with Crippen LogP contribution < -0.4 is 15.6 Å². The summed E-state index contributed by atoms with van der Waals surface area (Å²) in [6.45, 7) is 1.74. The number of hydrogen-bond donors (Lipinski definition) is 1. The molecule has 1 amide bonds. The third-order valence-corrected chi connectivity index (χ3v) is 6.16. The van der Waals surface area contributed by atoms with Gasteiger partial charge in [-0.2, -0.15) is 0 Å². The largest absolute Gasteiger partial charge is 0.495 e. The second kappa shape index (κ2) is 10.7. The highest BCUT2D eigenvalue weighted by molar-refractivity contribution is 6.30. The lowest BCUT2D eigenvalue weighted by atomic mass is 9.96. The minimum Gasteiger partial charge on any atom is -0.495 e. The second-order valence-corrected chi connectivity index (χ2v) is 8.57. The van der Waals surface area contributed by atoms with E-state index in [2.05, 4.69) is 5.32 Å². The van der Waals surface area contributed by atoms with Crippen molar-refractivity contribution in [2.45, 2.75) is 19.4 Å². The Labute approximate surface area is 213 Å². The lowest BCUT2D eigenvalue weighted by Gasteiger charge is -2.20. The Bertz CT molecular complexity index is 1490. The Balaban J connectivity index is 1.76. The number of nitrogens with zero attached hydrogens (tertiary/aromatic N) is 1. The van der Waals surface area contributed by atoms with E-state index >= 15 is 0 Å². The average molecular weight is 505 g/mol. The summed E-state index contributed by atoms with van der Waals surface area (Å²) in [6.07, 6.45) is -0.869. The smallest absolute Gasteiger partial charge is 0.356 e. The molecule has 0 saturated carbocycles. The number of anilines is 1. The van der Waals surface area contributed by atoms with Gasteiger partial charge in [-0.15, -0.1) is 0 Å². The summed E-state index contributed by atoms with van der Waals surface area (Å²) in [7, 11) is 3.02. The zero-order valence-electron chi connectivity index (χ0n) is 20.1. The van der Waals surface area contributed by atoms with E-state index in [0.717, 1.165) is 0 Å². The van der Waals surface area contributed by atoms with Gasteiger partial charge in [0.1, 0.15) is 11.4 Å². The fourth-order valence-electron chi connectivity index (χ4n) is 4.08. The van der Waals surface area contributed by atoms with Crippen LogP contribution in [0, 0.1) is 0 Å². The van der Waals surface area contributed by atoms with Gasteiger partial charge >= 0.3 is 5.97 Å². The van der Waals surface area contributed by atoms with Crippen molar-refractivity contribution in [1.29, 1.82) is 0 Å². The molecule has 7 nitrogen and oxygen atoms in total. The van der Waals surface area contributed by atoms with Gasteiger partial charge in [0.05, 0.1) is 12.8 Å². The van der Waals surface area contributed by atoms with Crippen LogP contribution in [0.15, 0.2) is 77.6 Å². The van der Waals surface area contributed by atoms with Crippen LogP contribution in [0.2, 0.25) is 5.02 Å². The van der Waals surface area contributed by atoms with Crippen molar-refractivity contribution < 1.29 is 19.1 Å². The maximum atomic E-state index is 13.6. The monoisotopic (exact) mass is 504 g/mol. The maximum absolute atomic E-state index is 13.6. The highest BCUT2D eigenvalue weighted by atomic mass is 35.5. The molecule has 4 aromatic rings. The zero-order chi connectivity index (χ0) is 25.8. The van der Waals surface area contributed by atoms with Gasteiger partial charge in [0.15, 0.2) is 6.10 Å². The molecule has 1 unspecified atom stereocenters. The number of benzene rings is 3. The summed E-state index contributed by atoms with van der Waals surface area (Å²) in [5.41, 5.74) is 1.37. The van der Waals surface area contributed by atoms with E-state index in [0.29, 0.717) is 38.4 Å². The van der Waals surface area contributed by atoms with Crippen LogP contribution in [-0.4, -0.2) is 29.7 Å². The number of para-hydroxylation sites is 2. The molecule has 0 fully saturated rings. The van der Waals surface area contributed by atoms with Gasteiger partial charge in [0.2, 0.25) is 0 Å². The molecule has 0 spiro atoms. The molecule has 1 heterocycles. The summed E-state index contributed by atoms with van der Waals surface area (Å²) in [4.78, 5) is 39.7. The lowest BCUT2D eigenvalue weighted by molar-refractivity contribution is -0.124. The second-order valence-electron chi connectivity index (χ2n) is 8.13. The first kappa shape index (κ1) is 25.0. The topological polar surface area (TPSA) is 86.6 Å². The molecule has 1 aromatic heterocycles. The Morgan fingerprint density at radius 2 is 1.61 bits per heavy atom. The Hall–Kier alpha value is -4.10. The first-order chi connectivity index (χ1) is 17.3. The minimum absolute atomic E-state index is 0.0459. The van der Waals surface area contributed by atoms with Crippen molar-refractivity contribution in [2.24, 2.45) is 7.05 Å². The number of halogens is 1. The molecule has 8 heteroatoms. The lowest BCUT2D eigenvalue weighted by Crippen LogP contribution is -2.34. The fraction of sp³-hybridized carbons (Fsp3) is 0.179. The van der Waals surface area contributed by atoms with Crippen molar-refractivity contribution in [3.63, 3.8) is 0 Å². The van der Waals surface area contributed by atoms with Crippen LogP contribution in [0.4, 0.5) is 5.69 Å². The molecular weight excluding hydrogens is 480 g/mol. The number of carbonyl (C=O) groups excluding carboxylic acids is 2. The number of amides is 1. The van der Waals surface area contributed by atoms with Gasteiger partial charge in [-0.25, -0.2) is 4.79 Å². The predicted octanol–water partition coefficient (Wildman–Crippen LogP) is 5.44. The van der Waals surface area contributed by atoms with E-state index in [1.165, 1.54) is 18.7 Å². The van der Waals surface area contributed by atoms with E-state index in [1.807, 2.05) is 0 Å². The van der Waals surface area contributed by atoms with Crippen molar-refractivity contribution >= 4 is 39.9 Å². The van der Waals surface area contributed by atoms with Gasteiger partial charge in [0.25, 0.3) is 11.5 Å². The number of methoxy groups -OCH3 is 1. The SMILES string of the molecule is CCC(OC(=O)c1c(-c2ccc(Cl)cc2)c2ccccc2c(=O)n1C)C(=O)Nc1ccccc1OC. The highest BCUT2D eigenvalue weighted by Gasteiger charge is 2.28. The number of aromatic nitrogens is 1. The third kappa shape index (κ3) is 4.83. The molecule has 0 aliphatic rings. The number of carbonyl (C=O) groups is 2. The number of nitrogens with one attached hydrogen (secondary N) is 1. The molecule has 0 aliphatic carbocycles. The Morgan fingerprint density at radius 3 is 2.28 bits per heavy atom. The Kier molecular flexibility index (Phi) is 7.41. The average Bonchev–Trinajstić information content (AvgIpc) is 2.90. The standard InChI is InChI=1S/C28H25ClN2O5/c1-4-22(26(32)30-21-11-7-8-12-23(21)35-3)36-28(34)25-24(17-13-15-18(29)16-14-17)19-9-5-6-10-20(19)27(33)31(25)2/h5-16,22H,4H2,1-3H3,(H,30,32). The number of pyridine rings is 1. The van der Waals surface area contributed by atoms with E-state index < -0.39 is 18.0 Å². The van der Waals surface area contributed by atoms with Crippen LogP contribution in [-0.2, 0) is 16.6 Å².